The summed E-state index contributed by atoms with van der Waals surface area (Å²) < 4.78 is 0. The summed E-state index contributed by atoms with van der Waals surface area (Å²) in [7, 11) is 0. The van der Waals surface area contributed by atoms with E-state index in [1.807, 2.05) is 60.7 Å². The van der Waals surface area contributed by atoms with Crippen LogP contribution in [-0.2, 0) is 16.0 Å². The predicted octanol–water partition coefficient (Wildman–Crippen LogP) is 4.60. The van der Waals surface area contributed by atoms with E-state index in [1.54, 1.807) is 12.2 Å². The highest BCUT2D eigenvalue weighted by molar-refractivity contribution is 5.91. The van der Waals surface area contributed by atoms with Crippen molar-refractivity contribution in [2.75, 3.05) is 0 Å². The maximum atomic E-state index is 11.8. The van der Waals surface area contributed by atoms with Crippen LogP contribution in [0.4, 0.5) is 0 Å². The molecule has 2 N–H and O–H groups in total. The lowest BCUT2D eigenvalue weighted by molar-refractivity contribution is -0.134. The fourth-order valence-electron chi connectivity index (χ4n) is 2.84. The van der Waals surface area contributed by atoms with Gasteiger partial charge < -0.3 is 10.2 Å². The van der Waals surface area contributed by atoms with Gasteiger partial charge in [0.2, 0.25) is 0 Å². The monoisotopic (exact) mass is 362 g/mol. The normalized spacial score (nSPS) is 13.9. The summed E-state index contributed by atoms with van der Waals surface area (Å²) in [5.41, 5.74) is 0.567. The molecular weight excluding hydrogens is 340 g/mol. The van der Waals surface area contributed by atoms with Gasteiger partial charge in [-0.05, 0) is 24.5 Å². The van der Waals surface area contributed by atoms with Crippen molar-refractivity contribution in [1.82, 2.24) is 0 Å². The van der Waals surface area contributed by atoms with E-state index in [1.165, 1.54) is 13.0 Å². The number of allylic oxidation sites excluding steroid dienone is 2. The van der Waals surface area contributed by atoms with Crippen molar-refractivity contribution in [3.63, 3.8) is 0 Å². The Morgan fingerprint density at radius 2 is 1.52 bits per heavy atom. The van der Waals surface area contributed by atoms with Crippen molar-refractivity contribution in [3.05, 3.63) is 102 Å². The van der Waals surface area contributed by atoms with Gasteiger partial charge >= 0.3 is 11.9 Å². The van der Waals surface area contributed by atoms with Crippen molar-refractivity contribution in [1.29, 1.82) is 0 Å². The Morgan fingerprint density at radius 1 is 0.963 bits per heavy atom. The molecule has 0 saturated heterocycles. The average Bonchev–Trinajstić information content (AvgIpc) is 2.67. The number of hydrogen-bond donors (Lipinski definition) is 2. The van der Waals surface area contributed by atoms with Gasteiger partial charge in [-0.25, -0.2) is 9.59 Å². The molecule has 4 heteroatoms. The van der Waals surface area contributed by atoms with E-state index in [-0.39, 0.29) is 17.6 Å². The largest absolute Gasteiger partial charge is 0.478 e. The molecule has 0 radical (unpaired) electrons. The minimum atomic E-state index is -1.18. The third-order valence-corrected chi connectivity index (χ3v) is 4.34. The van der Waals surface area contributed by atoms with Gasteiger partial charge in [-0.2, -0.15) is 0 Å². The van der Waals surface area contributed by atoms with Crippen LogP contribution in [0.15, 0.2) is 90.5 Å². The van der Waals surface area contributed by atoms with Gasteiger partial charge in [0, 0.05) is 16.6 Å². The topological polar surface area (TPSA) is 74.6 Å². The summed E-state index contributed by atoms with van der Waals surface area (Å²) in [4.78, 5) is 23.2. The number of hydrogen-bond acceptors (Lipinski definition) is 2. The lowest BCUT2D eigenvalue weighted by Gasteiger charge is -2.29. The first-order chi connectivity index (χ1) is 12.8. The zero-order chi connectivity index (χ0) is 19.9. The lowest BCUT2D eigenvalue weighted by atomic mass is 9.73. The number of carboxylic acids is 2. The standard InChI is InChI=1S/C23H22O4/c1-17(21(24)25)15-23(18(2)22(26)27,16-20-11-7-4-8-12-20)14-13-19-9-5-3-6-10-19/h3-15H,2,16H2,1H3,(H,24,25)(H,26,27). The smallest absolute Gasteiger partial charge is 0.332 e. The lowest BCUT2D eigenvalue weighted by Crippen LogP contribution is -2.27. The molecule has 0 fully saturated rings. The van der Waals surface area contributed by atoms with Crippen LogP contribution in [0.25, 0.3) is 6.08 Å². The Bertz CT molecular complexity index is 879. The van der Waals surface area contributed by atoms with Crippen molar-refractivity contribution in [3.8, 4) is 0 Å². The molecule has 2 aromatic rings. The van der Waals surface area contributed by atoms with Crippen LogP contribution in [0.3, 0.4) is 0 Å². The van der Waals surface area contributed by atoms with Gasteiger partial charge in [0.15, 0.2) is 0 Å². The Morgan fingerprint density at radius 3 is 2.04 bits per heavy atom. The zero-order valence-electron chi connectivity index (χ0n) is 15.1. The Kier molecular flexibility index (Phi) is 6.50. The van der Waals surface area contributed by atoms with Crippen LogP contribution in [0.2, 0.25) is 0 Å². The molecule has 27 heavy (non-hydrogen) atoms. The van der Waals surface area contributed by atoms with Crippen LogP contribution >= 0.6 is 0 Å². The maximum absolute atomic E-state index is 11.8. The van der Waals surface area contributed by atoms with Gasteiger partial charge in [0.1, 0.15) is 0 Å². The molecule has 0 bridgehead atoms. The van der Waals surface area contributed by atoms with E-state index in [0.717, 1.165) is 11.1 Å². The summed E-state index contributed by atoms with van der Waals surface area (Å²) in [5.74, 6) is -2.27. The molecule has 0 saturated carbocycles. The molecule has 1 unspecified atom stereocenters. The minimum Gasteiger partial charge on any atom is -0.478 e. The fraction of sp³-hybridized carbons (Fsp3) is 0.130. The van der Waals surface area contributed by atoms with Gasteiger partial charge in [-0.15, -0.1) is 0 Å². The first-order valence-electron chi connectivity index (χ1n) is 8.48. The predicted molar refractivity (Wildman–Crippen MR) is 106 cm³/mol. The quantitative estimate of drug-likeness (QED) is 0.673. The Labute approximate surface area is 158 Å². The molecular formula is C23H22O4. The molecule has 0 spiro atoms. The van der Waals surface area contributed by atoms with E-state index < -0.39 is 17.4 Å². The van der Waals surface area contributed by atoms with E-state index in [0.29, 0.717) is 0 Å². The number of carbonyl (C=O) groups is 2. The summed E-state index contributed by atoms with van der Waals surface area (Å²) in [5, 5.41) is 19.0. The molecule has 0 aliphatic rings. The van der Waals surface area contributed by atoms with E-state index >= 15 is 0 Å². The Balaban J connectivity index is 2.62. The van der Waals surface area contributed by atoms with E-state index in [2.05, 4.69) is 6.58 Å². The third kappa shape index (κ3) is 5.28. The highest BCUT2D eigenvalue weighted by atomic mass is 16.4. The second-order valence-electron chi connectivity index (χ2n) is 6.36. The molecule has 138 valence electrons. The number of benzene rings is 2. The molecule has 4 nitrogen and oxygen atoms in total. The Hall–Kier alpha value is -3.40. The second-order valence-corrected chi connectivity index (χ2v) is 6.36. The van der Waals surface area contributed by atoms with Crippen molar-refractivity contribution >= 4 is 18.0 Å². The minimum absolute atomic E-state index is 0.0612. The highest BCUT2D eigenvalue weighted by Gasteiger charge is 2.33. The summed E-state index contributed by atoms with van der Waals surface area (Å²) >= 11 is 0. The van der Waals surface area contributed by atoms with E-state index in [4.69, 9.17) is 0 Å². The zero-order valence-corrected chi connectivity index (χ0v) is 15.1. The number of aliphatic carboxylic acids is 2. The van der Waals surface area contributed by atoms with E-state index in [9.17, 15) is 19.8 Å². The molecule has 1 atom stereocenters. The van der Waals surface area contributed by atoms with Crippen LogP contribution in [0.1, 0.15) is 18.1 Å². The molecule has 0 amide bonds. The average molecular weight is 362 g/mol. The van der Waals surface area contributed by atoms with Crippen molar-refractivity contribution < 1.29 is 19.8 Å². The van der Waals surface area contributed by atoms with Crippen LogP contribution in [0, 0.1) is 5.41 Å². The SMILES string of the molecule is C=C(C(=O)O)C(C=Cc1ccccc1)(C=C(C)C(=O)O)Cc1ccccc1. The fourth-order valence-corrected chi connectivity index (χ4v) is 2.84. The molecule has 0 aliphatic carbocycles. The molecule has 0 aliphatic heterocycles. The van der Waals surface area contributed by atoms with Crippen LogP contribution in [-0.4, -0.2) is 22.2 Å². The van der Waals surface area contributed by atoms with Gasteiger partial charge in [0.05, 0.1) is 0 Å². The first-order valence-corrected chi connectivity index (χ1v) is 8.48. The van der Waals surface area contributed by atoms with Gasteiger partial charge in [0.25, 0.3) is 0 Å². The summed E-state index contributed by atoms with van der Waals surface area (Å²) in [6.45, 7) is 5.21. The second kappa shape index (κ2) is 8.81. The molecule has 2 aromatic carbocycles. The van der Waals surface area contributed by atoms with Crippen LogP contribution in [0.5, 0.6) is 0 Å². The number of rotatable bonds is 8. The molecule has 0 aromatic heterocycles. The molecule has 2 rings (SSSR count). The number of carboxylic acid groups (broad SMARTS) is 2. The van der Waals surface area contributed by atoms with Crippen molar-refractivity contribution in [2.24, 2.45) is 5.41 Å². The highest BCUT2D eigenvalue weighted by Crippen LogP contribution is 2.36. The van der Waals surface area contributed by atoms with Crippen LogP contribution < -0.4 is 0 Å². The molecule has 0 heterocycles. The summed E-state index contributed by atoms with van der Waals surface area (Å²) in [6.07, 6.45) is 5.27. The van der Waals surface area contributed by atoms with Gasteiger partial charge in [-0.3, -0.25) is 0 Å². The maximum Gasteiger partial charge on any atom is 0.332 e. The first kappa shape index (κ1) is 19.9. The van der Waals surface area contributed by atoms with Crippen molar-refractivity contribution in [2.45, 2.75) is 13.3 Å². The summed E-state index contributed by atoms with van der Waals surface area (Å²) in [6, 6.07) is 18.8. The third-order valence-electron chi connectivity index (χ3n) is 4.34. The van der Waals surface area contributed by atoms with Gasteiger partial charge in [-0.1, -0.05) is 85.5 Å².